The Labute approximate surface area is 106 Å². The van der Waals surface area contributed by atoms with E-state index in [1.54, 1.807) is 0 Å². The van der Waals surface area contributed by atoms with Crippen molar-refractivity contribution in [2.24, 2.45) is 11.7 Å². The van der Waals surface area contributed by atoms with Crippen LogP contribution in [0.4, 0.5) is 0 Å². The Kier molecular flexibility index (Phi) is 7.09. The number of aliphatic hydroxyl groups excluding tert-OH is 1. The summed E-state index contributed by atoms with van der Waals surface area (Å²) < 4.78 is 6.08. The molecule has 0 radical (unpaired) electrons. The summed E-state index contributed by atoms with van der Waals surface area (Å²) in [7, 11) is 0. The second-order valence-corrected chi connectivity index (χ2v) is 5.57. The number of hydrogen-bond acceptors (Lipinski definition) is 3. The van der Waals surface area contributed by atoms with Crippen LogP contribution in [0, 0.1) is 5.92 Å². The van der Waals surface area contributed by atoms with Crippen molar-refractivity contribution in [3.05, 3.63) is 0 Å². The molecule has 3 nitrogen and oxygen atoms in total. The lowest BCUT2D eigenvalue weighted by molar-refractivity contribution is -0.0754. The van der Waals surface area contributed by atoms with Crippen molar-refractivity contribution in [1.29, 1.82) is 0 Å². The smallest absolute Gasteiger partial charge is 0.0806 e. The molecule has 1 aliphatic carbocycles. The summed E-state index contributed by atoms with van der Waals surface area (Å²) in [6.45, 7) is 4.10. The topological polar surface area (TPSA) is 55.5 Å². The minimum atomic E-state index is -0.0331. The zero-order chi connectivity index (χ0) is 12.6. The van der Waals surface area contributed by atoms with E-state index in [1.807, 2.05) is 0 Å². The molecule has 17 heavy (non-hydrogen) atoms. The Morgan fingerprint density at radius 1 is 1.29 bits per heavy atom. The molecular formula is C14H29NO2. The third kappa shape index (κ3) is 5.36. The van der Waals surface area contributed by atoms with Gasteiger partial charge in [-0.1, -0.05) is 32.6 Å². The molecule has 0 bridgehead atoms. The molecule has 0 aliphatic heterocycles. The van der Waals surface area contributed by atoms with E-state index in [2.05, 4.69) is 6.92 Å². The number of rotatable bonds is 8. The van der Waals surface area contributed by atoms with E-state index in [4.69, 9.17) is 15.6 Å². The van der Waals surface area contributed by atoms with Gasteiger partial charge in [0.15, 0.2) is 0 Å². The molecule has 2 unspecified atom stereocenters. The molecule has 102 valence electrons. The van der Waals surface area contributed by atoms with E-state index < -0.39 is 0 Å². The summed E-state index contributed by atoms with van der Waals surface area (Å²) in [5, 5.41) is 8.69. The molecule has 3 N–H and O–H groups in total. The van der Waals surface area contributed by atoms with E-state index in [-0.39, 0.29) is 5.60 Å². The van der Waals surface area contributed by atoms with Gasteiger partial charge in [0.25, 0.3) is 0 Å². The summed E-state index contributed by atoms with van der Waals surface area (Å²) >= 11 is 0. The van der Waals surface area contributed by atoms with Crippen LogP contribution in [0.25, 0.3) is 0 Å². The van der Waals surface area contributed by atoms with Crippen molar-refractivity contribution < 1.29 is 9.84 Å². The summed E-state index contributed by atoms with van der Waals surface area (Å²) in [6.07, 6.45) is 9.09. The van der Waals surface area contributed by atoms with Gasteiger partial charge in [-0.15, -0.1) is 0 Å². The molecule has 2 atom stereocenters. The molecule has 0 aromatic carbocycles. The highest BCUT2D eigenvalue weighted by Gasteiger charge is 2.34. The largest absolute Gasteiger partial charge is 0.396 e. The van der Waals surface area contributed by atoms with Gasteiger partial charge in [0.2, 0.25) is 0 Å². The maximum absolute atomic E-state index is 8.69. The molecule has 1 saturated carbocycles. The lowest BCUT2D eigenvalue weighted by Gasteiger charge is -2.39. The van der Waals surface area contributed by atoms with Crippen molar-refractivity contribution in [2.75, 3.05) is 19.8 Å². The zero-order valence-corrected chi connectivity index (χ0v) is 11.3. The molecular weight excluding hydrogens is 214 g/mol. The standard InChI is InChI=1S/C14H29NO2/c1-13-7-6-8-14(11-13,12-15)17-10-5-3-2-4-9-16/h13,16H,2-12,15H2,1H3. The van der Waals surface area contributed by atoms with Gasteiger partial charge in [0.1, 0.15) is 0 Å². The highest BCUT2D eigenvalue weighted by Crippen LogP contribution is 2.34. The number of aliphatic hydroxyl groups is 1. The summed E-state index contributed by atoms with van der Waals surface area (Å²) in [5.74, 6) is 0.752. The third-order valence-electron chi connectivity index (χ3n) is 3.88. The van der Waals surface area contributed by atoms with Crippen LogP contribution in [-0.4, -0.2) is 30.5 Å². The van der Waals surface area contributed by atoms with Gasteiger partial charge in [-0.05, 0) is 31.6 Å². The Morgan fingerprint density at radius 2 is 2.06 bits per heavy atom. The Hall–Kier alpha value is -0.120. The maximum atomic E-state index is 8.69. The molecule has 0 heterocycles. The zero-order valence-electron chi connectivity index (χ0n) is 11.3. The Bertz CT molecular complexity index is 199. The van der Waals surface area contributed by atoms with Gasteiger partial charge >= 0.3 is 0 Å². The lowest BCUT2D eigenvalue weighted by atomic mass is 9.79. The molecule has 3 heteroatoms. The molecule has 1 rings (SSSR count). The number of hydrogen-bond donors (Lipinski definition) is 2. The van der Waals surface area contributed by atoms with Crippen molar-refractivity contribution in [3.63, 3.8) is 0 Å². The first-order valence-electron chi connectivity index (χ1n) is 7.17. The van der Waals surface area contributed by atoms with Crippen LogP contribution in [0.1, 0.15) is 58.3 Å². The number of nitrogens with two attached hydrogens (primary N) is 1. The fourth-order valence-electron chi connectivity index (χ4n) is 2.84. The molecule has 0 aromatic rings. The van der Waals surface area contributed by atoms with Gasteiger partial charge in [0.05, 0.1) is 5.60 Å². The van der Waals surface area contributed by atoms with Crippen molar-refractivity contribution in [2.45, 2.75) is 63.9 Å². The van der Waals surface area contributed by atoms with Crippen molar-refractivity contribution in [3.8, 4) is 0 Å². The average molecular weight is 243 g/mol. The van der Waals surface area contributed by atoms with E-state index in [9.17, 15) is 0 Å². The van der Waals surface area contributed by atoms with Gasteiger partial charge < -0.3 is 15.6 Å². The van der Waals surface area contributed by atoms with Gasteiger partial charge in [0, 0.05) is 19.8 Å². The van der Waals surface area contributed by atoms with E-state index in [1.165, 1.54) is 12.8 Å². The fraction of sp³-hybridized carbons (Fsp3) is 1.00. The monoisotopic (exact) mass is 243 g/mol. The summed E-state index contributed by atoms with van der Waals surface area (Å²) in [6, 6.07) is 0. The first-order valence-corrected chi connectivity index (χ1v) is 7.17. The van der Waals surface area contributed by atoms with Crippen LogP contribution in [0.3, 0.4) is 0 Å². The number of ether oxygens (including phenoxy) is 1. The first-order chi connectivity index (χ1) is 8.22. The SMILES string of the molecule is CC1CCCC(CN)(OCCCCCCO)C1. The van der Waals surface area contributed by atoms with E-state index in [0.29, 0.717) is 13.2 Å². The minimum Gasteiger partial charge on any atom is -0.396 e. The average Bonchev–Trinajstić information content (AvgIpc) is 2.34. The van der Waals surface area contributed by atoms with Crippen LogP contribution in [0.2, 0.25) is 0 Å². The van der Waals surface area contributed by atoms with Crippen LogP contribution in [-0.2, 0) is 4.74 Å². The normalized spacial score (nSPS) is 29.5. The first kappa shape index (κ1) is 14.9. The quantitative estimate of drug-likeness (QED) is 0.644. The highest BCUT2D eigenvalue weighted by atomic mass is 16.5. The maximum Gasteiger partial charge on any atom is 0.0806 e. The molecule has 0 spiro atoms. The van der Waals surface area contributed by atoms with Gasteiger partial charge in [-0.25, -0.2) is 0 Å². The van der Waals surface area contributed by atoms with E-state index >= 15 is 0 Å². The minimum absolute atomic E-state index is 0.0331. The lowest BCUT2D eigenvalue weighted by Crippen LogP contribution is -2.44. The van der Waals surface area contributed by atoms with Crippen molar-refractivity contribution in [1.82, 2.24) is 0 Å². The summed E-state index contributed by atoms with van der Waals surface area (Å²) in [5.41, 5.74) is 5.87. The van der Waals surface area contributed by atoms with Gasteiger partial charge in [-0.2, -0.15) is 0 Å². The van der Waals surface area contributed by atoms with Gasteiger partial charge in [-0.3, -0.25) is 0 Å². The van der Waals surface area contributed by atoms with Crippen molar-refractivity contribution >= 4 is 0 Å². The highest BCUT2D eigenvalue weighted by molar-refractivity contribution is 4.87. The van der Waals surface area contributed by atoms with Crippen LogP contribution in [0.15, 0.2) is 0 Å². The predicted molar refractivity (Wildman–Crippen MR) is 70.9 cm³/mol. The van der Waals surface area contributed by atoms with Crippen LogP contribution in [0.5, 0.6) is 0 Å². The Balaban J connectivity index is 2.17. The molecule has 1 aliphatic rings. The van der Waals surface area contributed by atoms with Crippen LogP contribution >= 0.6 is 0 Å². The predicted octanol–water partition coefficient (Wildman–Crippen LogP) is 2.46. The third-order valence-corrected chi connectivity index (χ3v) is 3.88. The van der Waals surface area contributed by atoms with Crippen LogP contribution < -0.4 is 5.73 Å². The second kappa shape index (κ2) is 8.06. The Morgan fingerprint density at radius 3 is 2.71 bits per heavy atom. The molecule has 0 aromatic heterocycles. The molecule has 1 fully saturated rings. The molecule has 0 saturated heterocycles. The van der Waals surface area contributed by atoms with E-state index in [0.717, 1.165) is 51.0 Å². The fourth-order valence-corrected chi connectivity index (χ4v) is 2.84. The molecule has 0 amide bonds. The number of unbranched alkanes of at least 4 members (excludes halogenated alkanes) is 3. The second-order valence-electron chi connectivity index (χ2n) is 5.57. The summed E-state index contributed by atoms with van der Waals surface area (Å²) in [4.78, 5) is 0.